The Labute approximate surface area is 206 Å². The molecule has 0 spiro atoms. The number of hydrogen-bond donors (Lipinski definition) is 4. The Bertz CT molecular complexity index is 650. The SMILES string of the molecule is CCCCC(=O)[C@H]([C@H](O)[C@H](C)C/C=C/CO)N(C)C(=O)[C@@H](NC(=O)[C@H](CC(C)C)NC)C(C)C. The number of nitrogens with zero attached hydrogens (tertiary/aromatic N) is 1. The van der Waals surface area contributed by atoms with Gasteiger partial charge in [0.25, 0.3) is 0 Å². The summed E-state index contributed by atoms with van der Waals surface area (Å²) in [5.74, 6) is -1.05. The van der Waals surface area contributed by atoms with Gasteiger partial charge in [0.1, 0.15) is 12.1 Å². The molecule has 0 bridgehead atoms. The highest BCUT2D eigenvalue weighted by molar-refractivity contribution is 5.94. The third-order valence-electron chi connectivity index (χ3n) is 6.16. The van der Waals surface area contributed by atoms with Gasteiger partial charge in [0.2, 0.25) is 11.8 Å². The van der Waals surface area contributed by atoms with Crippen LogP contribution in [0.1, 0.15) is 73.6 Å². The summed E-state index contributed by atoms with van der Waals surface area (Å²) in [4.78, 5) is 40.9. The minimum Gasteiger partial charge on any atom is -0.392 e. The van der Waals surface area contributed by atoms with Crippen LogP contribution in [-0.2, 0) is 14.4 Å². The number of aliphatic hydroxyl groups excluding tert-OH is 2. The average Bonchev–Trinajstić information content (AvgIpc) is 2.78. The second-order valence-electron chi connectivity index (χ2n) is 10.0. The molecule has 0 aromatic rings. The molecular weight excluding hydrogens is 434 g/mol. The maximum atomic E-state index is 13.5. The van der Waals surface area contributed by atoms with Crippen LogP contribution in [0.25, 0.3) is 0 Å². The van der Waals surface area contributed by atoms with E-state index in [4.69, 9.17) is 5.11 Å². The van der Waals surface area contributed by atoms with Crippen molar-refractivity contribution >= 4 is 17.6 Å². The van der Waals surface area contributed by atoms with Gasteiger partial charge < -0.3 is 25.7 Å². The molecule has 0 rings (SSSR count). The van der Waals surface area contributed by atoms with Crippen LogP contribution in [0.15, 0.2) is 12.2 Å². The van der Waals surface area contributed by atoms with Crippen LogP contribution in [0.3, 0.4) is 0 Å². The molecule has 8 nitrogen and oxygen atoms in total. The monoisotopic (exact) mass is 483 g/mol. The number of carbonyl (C=O) groups excluding carboxylic acids is 3. The van der Waals surface area contributed by atoms with E-state index in [1.54, 1.807) is 19.2 Å². The smallest absolute Gasteiger partial charge is 0.245 e. The Morgan fingerprint density at radius 2 is 1.68 bits per heavy atom. The van der Waals surface area contributed by atoms with Gasteiger partial charge in [-0.1, -0.05) is 60.1 Å². The third kappa shape index (κ3) is 10.7. The van der Waals surface area contributed by atoms with E-state index in [0.717, 1.165) is 6.42 Å². The number of likely N-dealkylation sites (N-methyl/N-ethyl adjacent to an activating group) is 2. The number of Topliss-reactive ketones (excluding diaryl/α,β-unsaturated/α-hetero) is 1. The summed E-state index contributed by atoms with van der Waals surface area (Å²) in [6, 6.07) is -2.26. The molecule has 0 aromatic heterocycles. The molecule has 0 aromatic carbocycles. The highest BCUT2D eigenvalue weighted by Crippen LogP contribution is 2.21. The summed E-state index contributed by atoms with van der Waals surface area (Å²) in [6.45, 7) is 11.5. The van der Waals surface area contributed by atoms with E-state index in [1.807, 2.05) is 41.5 Å². The van der Waals surface area contributed by atoms with Crippen LogP contribution in [-0.4, -0.2) is 77.6 Å². The number of allylic oxidation sites excluding steroid dienone is 1. The zero-order valence-corrected chi connectivity index (χ0v) is 22.5. The van der Waals surface area contributed by atoms with Gasteiger partial charge in [0.05, 0.1) is 18.8 Å². The van der Waals surface area contributed by atoms with Gasteiger partial charge in [0, 0.05) is 13.5 Å². The molecule has 0 fully saturated rings. The number of unbranched alkanes of at least 4 members (excludes halogenated alkanes) is 1. The van der Waals surface area contributed by atoms with Gasteiger partial charge >= 0.3 is 0 Å². The maximum absolute atomic E-state index is 13.5. The zero-order chi connectivity index (χ0) is 26.4. The number of carbonyl (C=O) groups is 3. The molecule has 8 heteroatoms. The third-order valence-corrected chi connectivity index (χ3v) is 6.16. The molecule has 198 valence electrons. The average molecular weight is 484 g/mol. The van der Waals surface area contributed by atoms with E-state index >= 15 is 0 Å². The van der Waals surface area contributed by atoms with E-state index in [0.29, 0.717) is 25.2 Å². The minimum atomic E-state index is -1.07. The number of aliphatic hydroxyl groups is 2. The number of hydrogen-bond acceptors (Lipinski definition) is 6. The second kappa shape index (κ2) is 16.8. The van der Waals surface area contributed by atoms with Crippen LogP contribution in [0.2, 0.25) is 0 Å². The lowest BCUT2D eigenvalue weighted by Crippen LogP contribution is -2.59. The minimum absolute atomic E-state index is 0.0970. The number of amides is 2. The predicted octanol–water partition coefficient (Wildman–Crippen LogP) is 2.28. The molecule has 34 heavy (non-hydrogen) atoms. The summed E-state index contributed by atoms with van der Waals surface area (Å²) in [7, 11) is 3.25. The van der Waals surface area contributed by atoms with Gasteiger partial charge in [-0.3, -0.25) is 14.4 Å². The lowest BCUT2D eigenvalue weighted by Gasteiger charge is -2.37. The fraction of sp³-hybridized carbons (Fsp3) is 0.808. The second-order valence-corrected chi connectivity index (χ2v) is 10.0. The van der Waals surface area contributed by atoms with Gasteiger partial charge in [0.15, 0.2) is 5.78 Å². The summed E-state index contributed by atoms with van der Waals surface area (Å²) in [6.07, 6.45) is 5.13. The summed E-state index contributed by atoms with van der Waals surface area (Å²) in [5.41, 5.74) is 0. The Morgan fingerprint density at radius 1 is 1.06 bits per heavy atom. The maximum Gasteiger partial charge on any atom is 0.245 e. The van der Waals surface area contributed by atoms with E-state index in [-0.39, 0.29) is 36.6 Å². The molecule has 0 unspecified atom stereocenters. The zero-order valence-electron chi connectivity index (χ0n) is 22.5. The largest absolute Gasteiger partial charge is 0.392 e. The van der Waals surface area contributed by atoms with Crippen molar-refractivity contribution in [2.75, 3.05) is 20.7 Å². The first-order chi connectivity index (χ1) is 15.9. The predicted molar refractivity (Wildman–Crippen MR) is 136 cm³/mol. The van der Waals surface area contributed by atoms with Gasteiger partial charge in [-0.25, -0.2) is 0 Å². The highest BCUT2D eigenvalue weighted by atomic mass is 16.3. The van der Waals surface area contributed by atoms with Crippen molar-refractivity contribution in [3.63, 3.8) is 0 Å². The Morgan fingerprint density at radius 3 is 2.15 bits per heavy atom. The lowest BCUT2D eigenvalue weighted by atomic mass is 9.89. The molecule has 4 N–H and O–H groups in total. The van der Waals surface area contributed by atoms with E-state index in [2.05, 4.69) is 10.6 Å². The topological polar surface area (TPSA) is 119 Å². The van der Waals surface area contributed by atoms with Crippen LogP contribution < -0.4 is 10.6 Å². The normalized spacial score (nSPS) is 16.4. The van der Waals surface area contributed by atoms with Gasteiger partial charge in [-0.05, 0) is 44.1 Å². The number of ketones is 1. The quantitative estimate of drug-likeness (QED) is 0.236. The molecule has 0 aliphatic carbocycles. The lowest BCUT2D eigenvalue weighted by molar-refractivity contribution is -0.147. The highest BCUT2D eigenvalue weighted by Gasteiger charge is 2.39. The molecule has 0 aliphatic rings. The summed E-state index contributed by atoms with van der Waals surface area (Å²) in [5, 5.41) is 25.9. The van der Waals surface area contributed by atoms with Crippen molar-refractivity contribution in [2.24, 2.45) is 17.8 Å². The molecule has 0 radical (unpaired) electrons. The van der Waals surface area contributed by atoms with E-state index in [1.165, 1.54) is 11.9 Å². The first-order valence-electron chi connectivity index (χ1n) is 12.6. The van der Waals surface area contributed by atoms with Crippen LogP contribution in [0.4, 0.5) is 0 Å². The summed E-state index contributed by atoms with van der Waals surface area (Å²) < 4.78 is 0. The molecule has 0 aliphatic heterocycles. The van der Waals surface area contributed by atoms with E-state index in [9.17, 15) is 19.5 Å². The molecular formula is C26H49N3O5. The number of rotatable bonds is 17. The van der Waals surface area contributed by atoms with Crippen molar-refractivity contribution in [2.45, 2.75) is 97.9 Å². The van der Waals surface area contributed by atoms with Crippen LogP contribution in [0, 0.1) is 17.8 Å². The van der Waals surface area contributed by atoms with Crippen LogP contribution >= 0.6 is 0 Å². The fourth-order valence-corrected chi connectivity index (χ4v) is 3.92. The van der Waals surface area contributed by atoms with Crippen molar-refractivity contribution in [3.05, 3.63) is 12.2 Å². The first kappa shape index (κ1) is 32.2. The number of nitrogens with one attached hydrogen (secondary N) is 2. The van der Waals surface area contributed by atoms with Gasteiger partial charge in [-0.2, -0.15) is 0 Å². The summed E-state index contributed by atoms with van der Waals surface area (Å²) >= 11 is 0. The Hall–Kier alpha value is -1.77. The standard InChI is InChI=1S/C26H49N3O5/c1-9-10-14-21(31)23(24(32)19(6)13-11-12-15-30)29(8)26(34)22(18(4)5)28-25(33)20(27-7)16-17(2)3/h11-12,17-20,22-24,27,30,32H,9-10,13-16H2,1-8H3,(H,28,33)/b12-11+/t19-,20+,22+,23-,24-/m1/s1. The fourth-order valence-electron chi connectivity index (χ4n) is 3.92. The molecule has 0 saturated carbocycles. The van der Waals surface area contributed by atoms with Crippen LogP contribution in [0.5, 0.6) is 0 Å². The van der Waals surface area contributed by atoms with Crippen molar-refractivity contribution in [3.8, 4) is 0 Å². The molecule has 0 heterocycles. The molecule has 0 saturated heterocycles. The first-order valence-corrected chi connectivity index (χ1v) is 12.6. The van der Waals surface area contributed by atoms with Crippen molar-refractivity contribution < 1.29 is 24.6 Å². The molecule has 2 amide bonds. The Balaban J connectivity index is 5.82. The molecule has 5 atom stereocenters. The van der Waals surface area contributed by atoms with Crippen molar-refractivity contribution in [1.29, 1.82) is 0 Å². The van der Waals surface area contributed by atoms with Crippen molar-refractivity contribution in [1.82, 2.24) is 15.5 Å². The Kier molecular flexibility index (Phi) is 15.9. The van der Waals surface area contributed by atoms with Gasteiger partial charge in [-0.15, -0.1) is 0 Å². The van der Waals surface area contributed by atoms with E-state index < -0.39 is 30.1 Å².